The highest BCUT2D eigenvalue weighted by Crippen LogP contribution is 2.42. The second-order valence-electron chi connectivity index (χ2n) is 19.6. The maximum absolute atomic E-state index is 14.2. The summed E-state index contributed by atoms with van der Waals surface area (Å²) in [6, 6.07) is 8.85. The van der Waals surface area contributed by atoms with Gasteiger partial charge in [0.2, 0.25) is 18.5 Å². The van der Waals surface area contributed by atoms with Gasteiger partial charge in [-0.2, -0.15) is 132 Å². The van der Waals surface area contributed by atoms with Crippen LogP contribution in [0.1, 0.15) is 98.5 Å². The molecule has 454 valence electrons. The Kier molecular flexibility index (Phi) is 18.0. The van der Waals surface area contributed by atoms with Crippen LogP contribution in [0.15, 0.2) is 146 Å². The Morgan fingerprint density at radius 3 is 1.06 bits per heavy atom. The van der Waals surface area contributed by atoms with E-state index in [-0.39, 0.29) is 12.3 Å². The average molecular weight is 1240 g/mol. The number of ether oxygens (including phenoxy) is 1. The van der Waals surface area contributed by atoms with Crippen molar-refractivity contribution >= 4 is 33.8 Å². The molecule has 1 aromatic heterocycles. The molecule has 4 nitrogen and oxygen atoms in total. The molecular formula is C56H37BF24N2O2. The van der Waals surface area contributed by atoms with Crippen LogP contribution < -0.4 is 31.2 Å². The summed E-state index contributed by atoms with van der Waals surface area (Å²) in [4.78, 5) is 16.7. The molecule has 1 fully saturated rings. The number of carbonyl (C=O) groups is 1. The molecule has 0 aliphatic heterocycles. The van der Waals surface area contributed by atoms with Crippen LogP contribution in [-0.4, -0.2) is 16.9 Å². The normalized spacial score (nSPS) is 14.4. The predicted octanol–water partition coefficient (Wildman–Crippen LogP) is 16.3. The summed E-state index contributed by atoms with van der Waals surface area (Å²) in [5.41, 5.74) is -28.1. The van der Waals surface area contributed by atoms with Gasteiger partial charge in [-0.3, -0.25) is 4.79 Å². The van der Waals surface area contributed by atoms with Crippen molar-refractivity contribution in [2.24, 2.45) is 0 Å². The van der Waals surface area contributed by atoms with Gasteiger partial charge in [0.05, 0.1) is 50.7 Å². The van der Waals surface area contributed by atoms with Gasteiger partial charge in [-0.25, -0.2) is 4.98 Å². The average Bonchev–Trinajstić information content (AvgIpc) is 0.784. The molecule has 1 saturated carbocycles. The fraction of sp³-hybridized carbons (Fsp3) is 0.268. The molecule has 85 heavy (non-hydrogen) atoms. The smallest absolute Gasteiger partial charge is 0.416 e. The Labute approximate surface area is 464 Å². The summed E-state index contributed by atoms with van der Waals surface area (Å²) in [5.74, 6) is 1.98. The molecule has 1 aliphatic rings. The number of alkyl halides is 24. The number of nitrogens with zero attached hydrogens (tertiary/aromatic N) is 2. The van der Waals surface area contributed by atoms with E-state index in [4.69, 9.17) is 4.74 Å². The Morgan fingerprint density at radius 1 is 0.435 bits per heavy atom. The maximum Gasteiger partial charge on any atom is 0.416 e. The van der Waals surface area contributed by atoms with Crippen LogP contribution in [0.5, 0.6) is 11.6 Å². The van der Waals surface area contributed by atoms with Crippen molar-refractivity contribution in [3.05, 3.63) is 202 Å². The van der Waals surface area contributed by atoms with Gasteiger partial charge in [0, 0.05) is 5.56 Å². The van der Waals surface area contributed by atoms with Gasteiger partial charge in [-0.1, -0.05) is 110 Å². The number of hydrogen-bond acceptors (Lipinski definition) is 3. The van der Waals surface area contributed by atoms with E-state index in [0.717, 1.165) is 5.75 Å². The molecule has 0 spiro atoms. The molecule has 0 radical (unpaired) electrons. The molecule has 0 saturated heterocycles. The Balaban J connectivity index is 0.000000306. The molecule has 0 amide bonds. The van der Waals surface area contributed by atoms with E-state index in [2.05, 4.69) is 17.1 Å². The molecule has 1 heterocycles. The first-order valence-corrected chi connectivity index (χ1v) is 24.6. The molecule has 0 bridgehead atoms. The third-order valence-corrected chi connectivity index (χ3v) is 13.8. The van der Waals surface area contributed by atoms with Crippen LogP contribution in [0.3, 0.4) is 0 Å². The zero-order valence-electron chi connectivity index (χ0n) is 42.5. The molecule has 1 aliphatic carbocycles. The van der Waals surface area contributed by atoms with Gasteiger partial charge < -0.3 is 4.74 Å². The standard InChI is InChI=1S/C32H12BF24.C24H25N2O2/c34-25(35,36)13-1-14(26(37,38)39)6-21(5-13)33(22-7-15(27(40,41)42)2-16(8-22)28(43,44)45,23-9-17(29(46,47)48)3-18(10-23)30(49,50)51)24-11-19(31(52,53)54)4-20(12-24)32(55,56)57;27-23(21-9-5-2-6-10-21)17-26-16-15-25-24(18-26)28-22-13-11-20(12-14-22)19-7-3-1-4-8-19/h1-12H;2,5-6,9-16,18-19H,1,3-4,7-8,17H2/q-1;+1. The van der Waals surface area contributed by atoms with Crippen molar-refractivity contribution < 1.29 is 119 Å². The fourth-order valence-electron chi connectivity index (χ4n) is 9.88. The van der Waals surface area contributed by atoms with Gasteiger partial charge in [0.1, 0.15) is 11.9 Å². The van der Waals surface area contributed by atoms with Crippen molar-refractivity contribution in [2.45, 2.75) is 94.0 Å². The van der Waals surface area contributed by atoms with Crippen molar-refractivity contribution in [3.63, 3.8) is 0 Å². The third kappa shape index (κ3) is 15.6. The molecule has 0 N–H and O–H groups in total. The molecule has 8 rings (SSSR count). The molecule has 7 aromatic rings. The lowest BCUT2D eigenvalue weighted by Crippen LogP contribution is -2.75. The monoisotopic (exact) mass is 1240 g/mol. The van der Waals surface area contributed by atoms with Crippen LogP contribution in [0.2, 0.25) is 0 Å². The zero-order chi connectivity index (χ0) is 63.1. The van der Waals surface area contributed by atoms with E-state index in [1.165, 1.54) is 37.7 Å². The predicted molar refractivity (Wildman–Crippen MR) is 258 cm³/mol. The van der Waals surface area contributed by atoms with Gasteiger partial charge in [-0.05, 0) is 60.7 Å². The summed E-state index contributed by atoms with van der Waals surface area (Å²) in [6.45, 7) is 0.253. The first kappa shape index (κ1) is 64.8. The second kappa shape index (κ2) is 23.6. The van der Waals surface area contributed by atoms with Gasteiger partial charge >= 0.3 is 49.4 Å². The van der Waals surface area contributed by atoms with E-state index >= 15 is 0 Å². The van der Waals surface area contributed by atoms with Gasteiger partial charge in [0.15, 0.2) is 6.20 Å². The fourth-order valence-corrected chi connectivity index (χ4v) is 9.88. The highest BCUT2D eigenvalue weighted by Gasteiger charge is 2.47. The zero-order valence-corrected chi connectivity index (χ0v) is 42.5. The number of ketones is 1. The summed E-state index contributed by atoms with van der Waals surface area (Å²) >= 11 is 0. The topological polar surface area (TPSA) is 43.1 Å². The van der Waals surface area contributed by atoms with Crippen molar-refractivity contribution in [2.75, 3.05) is 0 Å². The first-order valence-electron chi connectivity index (χ1n) is 24.6. The minimum Gasteiger partial charge on any atom is -0.434 e. The lowest BCUT2D eigenvalue weighted by Gasteiger charge is -2.46. The lowest BCUT2D eigenvalue weighted by molar-refractivity contribution is -0.683. The number of Topliss-reactive ketones (excluding diaryl/α,β-unsaturated/α-hetero) is 1. The molecule has 0 atom stereocenters. The van der Waals surface area contributed by atoms with Crippen LogP contribution in [-0.2, 0) is 56.0 Å². The third-order valence-electron chi connectivity index (χ3n) is 13.8. The van der Waals surface area contributed by atoms with Crippen molar-refractivity contribution in [3.8, 4) is 11.6 Å². The molecular weight excluding hydrogens is 1200 g/mol. The minimum absolute atomic E-state index is 0.0552. The van der Waals surface area contributed by atoms with E-state index in [1.807, 2.05) is 42.5 Å². The SMILES string of the molecule is FC(F)(F)c1cc([B-](c2cc(C(F)(F)F)cc(C(F)(F)F)c2)(c2cc(C(F)(F)F)cc(C(F)(F)F)c2)c2cc(C(F)(F)F)cc(C(F)(F)F)c2)cc(C(F)(F)F)c1.O=C(C[n+]1ccnc(Oc2ccc(C3CCCCC3)cc2)c1)c1ccccc1. The Hall–Kier alpha value is -7.75. The number of aromatic nitrogens is 2. The van der Waals surface area contributed by atoms with Gasteiger partial charge in [0.25, 0.3) is 5.88 Å². The highest BCUT2D eigenvalue weighted by molar-refractivity contribution is 7.20. The van der Waals surface area contributed by atoms with Crippen molar-refractivity contribution in [1.82, 2.24) is 4.98 Å². The summed E-state index contributed by atoms with van der Waals surface area (Å²) in [7, 11) is 0. The Morgan fingerprint density at radius 2 is 0.753 bits per heavy atom. The number of hydrogen-bond donors (Lipinski definition) is 0. The number of halogens is 24. The van der Waals surface area contributed by atoms with Crippen LogP contribution in [0.25, 0.3) is 0 Å². The largest absolute Gasteiger partial charge is 0.434 e. The van der Waals surface area contributed by atoms with E-state index < -0.39 is 195 Å². The summed E-state index contributed by atoms with van der Waals surface area (Å²) < 4.78 is 349. The highest BCUT2D eigenvalue weighted by atomic mass is 19.4. The van der Waals surface area contributed by atoms with E-state index in [0.29, 0.717) is 17.4 Å². The number of benzene rings is 6. The van der Waals surface area contributed by atoms with Gasteiger partial charge in [-0.15, -0.1) is 0 Å². The summed E-state index contributed by atoms with van der Waals surface area (Å²) in [6.07, 6.45) is -43.0. The maximum atomic E-state index is 14.2. The molecule has 29 heteroatoms. The number of rotatable bonds is 10. The second-order valence-corrected chi connectivity index (χ2v) is 19.6. The minimum atomic E-state index is -6.13. The quantitative estimate of drug-likeness (QED) is 0.0593. The molecule has 0 unspecified atom stereocenters. The van der Waals surface area contributed by atoms with E-state index in [1.54, 1.807) is 23.2 Å². The molecule has 6 aromatic carbocycles. The summed E-state index contributed by atoms with van der Waals surface area (Å²) in [5, 5.41) is 0. The Bertz CT molecular complexity index is 3060. The van der Waals surface area contributed by atoms with Crippen LogP contribution in [0, 0.1) is 0 Å². The van der Waals surface area contributed by atoms with E-state index in [9.17, 15) is 110 Å². The first-order chi connectivity index (χ1) is 39.0. The number of carbonyl (C=O) groups excluding carboxylic acids is 1. The van der Waals surface area contributed by atoms with Crippen LogP contribution >= 0.6 is 0 Å². The lowest BCUT2D eigenvalue weighted by atomic mass is 9.12. The van der Waals surface area contributed by atoms with Crippen molar-refractivity contribution in [1.29, 1.82) is 0 Å². The van der Waals surface area contributed by atoms with Crippen LogP contribution in [0.4, 0.5) is 105 Å².